The van der Waals surface area contributed by atoms with Gasteiger partial charge in [0.05, 0.1) is 6.10 Å². The summed E-state index contributed by atoms with van der Waals surface area (Å²) in [5, 5.41) is 12.6. The zero-order valence-electron chi connectivity index (χ0n) is 8.57. The van der Waals surface area contributed by atoms with E-state index in [-0.39, 0.29) is 18.1 Å². The molecule has 5 heteroatoms. The van der Waals surface area contributed by atoms with E-state index in [0.717, 1.165) is 13.1 Å². The maximum absolute atomic E-state index is 11.1. The average molecular weight is 201 g/mol. The van der Waals surface area contributed by atoms with Crippen LogP contribution < -0.4 is 11.1 Å². The van der Waals surface area contributed by atoms with Crippen molar-refractivity contribution in [2.45, 2.75) is 25.5 Å². The molecule has 0 spiro atoms. The summed E-state index contributed by atoms with van der Waals surface area (Å²) in [6.07, 6.45) is 0.338. The third-order valence-electron chi connectivity index (χ3n) is 2.60. The van der Waals surface area contributed by atoms with Crippen LogP contribution in [0.2, 0.25) is 0 Å². The summed E-state index contributed by atoms with van der Waals surface area (Å²) in [6.45, 7) is 4.66. The van der Waals surface area contributed by atoms with Crippen molar-refractivity contribution in [3.05, 3.63) is 0 Å². The first kappa shape index (κ1) is 11.4. The smallest absolute Gasteiger partial charge is 0.236 e. The van der Waals surface area contributed by atoms with Crippen molar-refractivity contribution < 1.29 is 9.90 Å². The van der Waals surface area contributed by atoms with Crippen LogP contribution in [0, 0.1) is 0 Å². The molecule has 0 aliphatic carbocycles. The minimum absolute atomic E-state index is 0.273. The molecule has 1 rings (SSSR count). The number of aliphatic hydroxyl groups excluding tert-OH is 1. The number of β-amino-alcohol motifs (C(OH)–C–C–N with tert-alkyl or cyclic N) is 1. The first-order valence-corrected chi connectivity index (χ1v) is 5.07. The largest absolute Gasteiger partial charge is 0.392 e. The molecule has 1 amide bonds. The molecule has 2 atom stereocenters. The van der Waals surface area contributed by atoms with Crippen LogP contribution in [0.1, 0.15) is 13.3 Å². The molecular formula is C9H19N3O2. The number of rotatable bonds is 4. The van der Waals surface area contributed by atoms with Gasteiger partial charge in [-0.15, -0.1) is 0 Å². The summed E-state index contributed by atoms with van der Waals surface area (Å²) in [5.41, 5.74) is 5.27. The van der Waals surface area contributed by atoms with E-state index in [1.807, 2.05) is 11.8 Å². The molecule has 1 aliphatic rings. The van der Waals surface area contributed by atoms with Crippen LogP contribution in [-0.4, -0.2) is 54.2 Å². The third-order valence-corrected chi connectivity index (χ3v) is 2.60. The molecule has 2 unspecified atom stereocenters. The van der Waals surface area contributed by atoms with Crippen LogP contribution >= 0.6 is 0 Å². The summed E-state index contributed by atoms with van der Waals surface area (Å²) in [7, 11) is 0. The van der Waals surface area contributed by atoms with E-state index in [1.165, 1.54) is 0 Å². The van der Waals surface area contributed by atoms with Gasteiger partial charge in [0.2, 0.25) is 5.91 Å². The van der Waals surface area contributed by atoms with Gasteiger partial charge in [-0.05, 0) is 6.42 Å². The Balaban J connectivity index is 2.49. The molecule has 0 radical (unpaired) electrons. The Morgan fingerprint density at radius 1 is 1.79 bits per heavy atom. The van der Waals surface area contributed by atoms with Gasteiger partial charge in [0.15, 0.2) is 0 Å². The number of amides is 1. The second-order valence-electron chi connectivity index (χ2n) is 3.68. The molecule has 1 heterocycles. The fourth-order valence-corrected chi connectivity index (χ4v) is 1.65. The highest BCUT2D eigenvalue weighted by molar-refractivity contribution is 5.80. The van der Waals surface area contributed by atoms with Crippen LogP contribution in [0.4, 0.5) is 0 Å². The number of hydrogen-bond acceptors (Lipinski definition) is 4. The summed E-state index contributed by atoms with van der Waals surface area (Å²) in [4.78, 5) is 13.0. The van der Waals surface area contributed by atoms with Crippen molar-refractivity contribution in [2.24, 2.45) is 5.73 Å². The molecule has 5 nitrogen and oxygen atoms in total. The SMILES string of the molecule is CCC(O)CN1CCNCC1C(N)=O. The Labute approximate surface area is 84.3 Å². The number of nitrogens with zero attached hydrogens (tertiary/aromatic N) is 1. The molecule has 1 fully saturated rings. The van der Waals surface area contributed by atoms with E-state index < -0.39 is 0 Å². The van der Waals surface area contributed by atoms with Gasteiger partial charge in [0, 0.05) is 26.2 Å². The summed E-state index contributed by atoms with van der Waals surface area (Å²) in [5.74, 6) is -0.319. The molecular weight excluding hydrogens is 182 g/mol. The van der Waals surface area contributed by atoms with Crippen LogP contribution in [0.3, 0.4) is 0 Å². The van der Waals surface area contributed by atoms with Gasteiger partial charge >= 0.3 is 0 Å². The van der Waals surface area contributed by atoms with Gasteiger partial charge in [-0.3, -0.25) is 9.69 Å². The molecule has 0 aromatic heterocycles. The summed E-state index contributed by atoms with van der Waals surface area (Å²) < 4.78 is 0. The number of nitrogens with two attached hydrogens (primary N) is 1. The van der Waals surface area contributed by atoms with Crippen molar-refractivity contribution in [3.63, 3.8) is 0 Å². The van der Waals surface area contributed by atoms with Crippen molar-refractivity contribution in [1.29, 1.82) is 0 Å². The number of carbonyl (C=O) groups is 1. The number of carbonyl (C=O) groups excluding carboxylic acids is 1. The topological polar surface area (TPSA) is 78.6 Å². The first-order chi connectivity index (χ1) is 6.65. The van der Waals surface area contributed by atoms with Gasteiger partial charge in [-0.25, -0.2) is 0 Å². The van der Waals surface area contributed by atoms with Crippen molar-refractivity contribution in [3.8, 4) is 0 Å². The number of nitrogens with one attached hydrogen (secondary N) is 1. The molecule has 0 bridgehead atoms. The van der Waals surface area contributed by atoms with Gasteiger partial charge in [-0.1, -0.05) is 6.92 Å². The average Bonchev–Trinajstić information content (AvgIpc) is 2.18. The maximum atomic E-state index is 11.1. The van der Waals surface area contributed by atoms with Crippen molar-refractivity contribution in [2.75, 3.05) is 26.2 Å². The highest BCUT2D eigenvalue weighted by Gasteiger charge is 2.27. The second kappa shape index (κ2) is 5.29. The Bertz CT molecular complexity index is 198. The van der Waals surface area contributed by atoms with Crippen LogP contribution in [0.15, 0.2) is 0 Å². The molecule has 1 saturated heterocycles. The van der Waals surface area contributed by atoms with Gasteiger partial charge in [0.25, 0.3) is 0 Å². The predicted octanol–water partition coefficient (Wildman–Crippen LogP) is -1.48. The van der Waals surface area contributed by atoms with Gasteiger partial charge in [0.1, 0.15) is 6.04 Å². The fraction of sp³-hybridized carbons (Fsp3) is 0.889. The molecule has 1 aliphatic heterocycles. The Hall–Kier alpha value is -0.650. The zero-order valence-corrected chi connectivity index (χ0v) is 8.57. The van der Waals surface area contributed by atoms with Crippen molar-refractivity contribution >= 4 is 5.91 Å². The number of aliphatic hydroxyl groups is 1. The first-order valence-electron chi connectivity index (χ1n) is 5.07. The molecule has 0 aromatic carbocycles. The van der Waals surface area contributed by atoms with Crippen LogP contribution in [0.25, 0.3) is 0 Å². The van der Waals surface area contributed by atoms with Gasteiger partial charge < -0.3 is 16.2 Å². The van der Waals surface area contributed by atoms with E-state index in [4.69, 9.17) is 5.73 Å². The predicted molar refractivity (Wildman–Crippen MR) is 53.7 cm³/mol. The maximum Gasteiger partial charge on any atom is 0.236 e. The molecule has 0 aromatic rings. The lowest BCUT2D eigenvalue weighted by Crippen LogP contribution is -2.58. The lowest BCUT2D eigenvalue weighted by atomic mass is 10.1. The van der Waals surface area contributed by atoms with E-state index in [2.05, 4.69) is 5.32 Å². The van der Waals surface area contributed by atoms with E-state index in [9.17, 15) is 9.90 Å². The molecule has 82 valence electrons. The number of hydrogen-bond donors (Lipinski definition) is 3. The monoisotopic (exact) mass is 201 g/mol. The molecule has 0 saturated carbocycles. The standard InChI is InChI=1S/C9H19N3O2/c1-2-7(13)6-12-4-3-11-5-8(12)9(10)14/h7-8,11,13H,2-6H2,1H3,(H2,10,14). The van der Waals surface area contributed by atoms with Gasteiger partial charge in [-0.2, -0.15) is 0 Å². The zero-order chi connectivity index (χ0) is 10.6. The van der Waals surface area contributed by atoms with Crippen LogP contribution in [-0.2, 0) is 4.79 Å². The van der Waals surface area contributed by atoms with E-state index >= 15 is 0 Å². The van der Waals surface area contributed by atoms with E-state index in [0.29, 0.717) is 19.5 Å². The third kappa shape index (κ3) is 2.94. The lowest BCUT2D eigenvalue weighted by molar-refractivity contribution is -0.124. The van der Waals surface area contributed by atoms with Crippen molar-refractivity contribution in [1.82, 2.24) is 10.2 Å². The highest BCUT2D eigenvalue weighted by atomic mass is 16.3. The van der Waals surface area contributed by atoms with E-state index in [1.54, 1.807) is 0 Å². The molecule has 4 N–H and O–H groups in total. The summed E-state index contributed by atoms with van der Waals surface area (Å²) >= 11 is 0. The Kier molecular flexibility index (Phi) is 4.31. The Morgan fingerprint density at radius 2 is 2.50 bits per heavy atom. The van der Waals surface area contributed by atoms with Crippen LogP contribution in [0.5, 0.6) is 0 Å². The number of primary amides is 1. The summed E-state index contributed by atoms with van der Waals surface area (Å²) in [6, 6.07) is -0.273. The highest BCUT2D eigenvalue weighted by Crippen LogP contribution is 2.05. The lowest BCUT2D eigenvalue weighted by Gasteiger charge is -2.35. The normalized spacial score (nSPS) is 26.0. The molecule has 14 heavy (non-hydrogen) atoms. The quantitative estimate of drug-likeness (QED) is 0.518. The minimum atomic E-state index is -0.366. The Morgan fingerprint density at radius 3 is 3.07 bits per heavy atom. The minimum Gasteiger partial charge on any atom is -0.392 e. The fourth-order valence-electron chi connectivity index (χ4n) is 1.65. The second-order valence-corrected chi connectivity index (χ2v) is 3.68. The number of piperazine rings is 1.